The van der Waals surface area contributed by atoms with Crippen LogP contribution in [0.15, 0.2) is 12.4 Å². The molecule has 1 saturated heterocycles. The zero-order valence-corrected chi connectivity index (χ0v) is 13.7. The Bertz CT molecular complexity index is 493. The molecular weight excluding hydrogens is 280 g/mol. The maximum Gasteiger partial charge on any atom is 0.270 e. The lowest BCUT2D eigenvalue weighted by molar-refractivity contribution is 0.0923. The number of rotatable bonds is 6. The summed E-state index contributed by atoms with van der Waals surface area (Å²) in [7, 11) is 1.52. The largest absolute Gasteiger partial charge is 0.481 e. The van der Waals surface area contributed by atoms with Gasteiger partial charge in [-0.25, -0.2) is 9.97 Å². The molecule has 1 atom stereocenters. The molecule has 122 valence electrons. The van der Waals surface area contributed by atoms with Gasteiger partial charge in [0.1, 0.15) is 12.0 Å². The van der Waals surface area contributed by atoms with Crippen LogP contribution >= 0.6 is 0 Å². The third-order valence-electron chi connectivity index (χ3n) is 3.86. The fourth-order valence-corrected chi connectivity index (χ4v) is 2.90. The summed E-state index contributed by atoms with van der Waals surface area (Å²) >= 11 is 0. The lowest BCUT2D eigenvalue weighted by Gasteiger charge is -2.33. The number of nitrogens with zero attached hydrogens (tertiary/aromatic N) is 3. The molecule has 0 aromatic carbocycles. The molecule has 2 heterocycles. The summed E-state index contributed by atoms with van der Waals surface area (Å²) in [5.74, 6) is 1.43. The maximum atomic E-state index is 12.1. The number of carbonyl (C=O) groups excluding carboxylic acids is 1. The first-order valence-corrected chi connectivity index (χ1v) is 7.95. The Morgan fingerprint density at radius 2 is 2.32 bits per heavy atom. The molecule has 1 aliphatic heterocycles. The number of piperidine rings is 1. The van der Waals surface area contributed by atoms with Crippen LogP contribution in [0, 0.1) is 11.8 Å². The van der Waals surface area contributed by atoms with E-state index in [-0.39, 0.29) is 5.91 Å². The number of methoxy groups -OCH3 is 1. The van der Waals surface area contributed by atoms with Crippen LogP contribution in [0.25, 0.3) is 0 Å². The van der Waals surface area contributed by atoms with Gasteiger partial charge in [-0.3, -0.25) is 4.79 Å². The van der Waals surface area contributed by atoms with Crippen LogP contribution in [-0.2, 0) is 0 Å². The number of aromatic nitrogens is 2. The van der Waals surface area contributed by atoms with Crippen molar-refractivity contribution in [1.29, 1.82) is 0 Å². The van der Waals surface area contributed by atoms with Crippen LogP contribution in [0.5, 0.6) is 5.88 Å². The molecule has 0 radical (unpaired) electrons. The number of likely N-dealkylation sites (tertiary alicyclic amines) is 1. The van der Waals surface area contributed by atoms with E-state index >= 15 is 0 Å². The summed E-state index contributed by atoms with van der Waals surface area (Å²) in [6.07, 6.45) is 3.72. The molecule has 22 heavy (non-hydrogen) atoms. The van der Waals surface area contributed by atoms with Crippen molar-refractivity contribution in [3.05, 3.63) is 18.1 Å². The minimum absolute atomic E-state index is 0.165. The zero-order valence-electron chi connectivity index (χ0n) is 13.7. The van der Waals surface area contributed by atoms with Crippen molar-refractivity contribution >= 4 is 5.91 Å². The molecule has 1 aliphatic rings. The van der Waals surface area contributed by atoms with Crippen molar-refractivity contribution in [2.24, 2.45) is 11.8 Å². The van der Waals surface area contributed by atoms with E-state index in [1.54, 1.807) is 6.07 Å². The topological polar surface area (TPSA) is 67.3 Å². The quantitative estimate of drug-likeness (QED) is 0.864. The minimum atomic E-state index is -0.165. The first kappa shape index (κ1) is 16.7. The number of nitrogens with one attached hydrogen (secondary N) is 1. The monoisotopic (exact) mass is 306 g/mol. The maximum absolute atomic E-state index is 12.1. The first-order chi connectivity index (χ1) is 10.6. The average Bonchev–Trinajstić information content (AvgIpc) is 2.52. The van der Waals surface area contributed by atoms with E-state index in [0.29, 0.717) is 30.0 Å². The SMILES string of the molecule is COc1cc(C(=O)NC[C@H]2CCCN(CC(C)C)C2)ncn1. The summed E-state index contributed by atoms with van der Waals surface area (Å²) < 4.78 is 5.01. The summed E-state index contributed by atoms with van der Waals surface area (Å²) in [6.45, 7) is 8.55. The number of amides is 1. The third kappa shape index (κ3) is 4.94. The van der Waals surface area contributed by atoms with E-state index in [0.717, 1.165) is 13.1 Å². The second-order valence-electron chi connectivity index (χ2n) is 6.32. The van der Waals surface area contributed by atoms with Gasteiger partial charge in [-0.2, -0.15) is 0 Å². The van der Waals surface area contributed by atoms with Gasteiger partial charge in [-0.1, -0.05) is 13.8 Å². The Labute approximate surface area is 132 Å². The van der Waals surface area contributed by atoms with Gasteiger partial charge < -0.3 is 15.0 Å². The molecule has 1 aromatic rings. The molecule has 6 nitrogen and oxygen atoms in total. The highest BCUT2D eigenvalue weighted by Crippen LogP contribution is 2.17. The predicted molar refractivity (Wildman–Crippen MR) is 84.9 cm³/mol. The van der Waals surface area contributed by atoms with Crippen molar-refractivity contribution in [1.82, 2.24) is 20.2 Å². The van der Waals surface area contributed by atoms with Crippen LogP contribution in [0.3, 0.4) is 0 Å². The second-order valence-corrected chi connectivity index (χ2v) is 6.32. The molecule has 0 saturated carbocycles. The highest BCUT2D eigenvalue weighted by molar-refractivity contribution is 5.92. The molecule has 1 aromatic heterocycles. The molecule has 0 unspecified atom stereocenters. The number of ether oxygens (including phenoxy) is 1. The van der Waals surface area contributed by atoms with E-state index < -0.39 is 0 Å². The standard InChI is InChI=1S/C16H26N4O2/c1-12(2)9-20-6-4-5-13(10-20)8-17-16(21)14-7-15(22-3)19-11-18-14/h7,11-13H,4-6,8-10H2,1-3H3,(H,17,21)/t13-/m1/s1. The van der Waals surface area contributed by atoms with Crippen LogP contribution in [0.2, 0.25) is 0 Å². The fourth-order valence-electron chi connectivity index (χ4n) is 2.90. The first-order valence-electron chi connectivity index (χ1n) is 7.95. The van der Waals surface area contributed by atoms with Gasteiger partial charge in [0.05, 0.1) is 7.11 Å². The smallest absolute Gasteiger partial charge is 0.270 e. The van der Waals surface area contributed by atoms with Gasteiger partial charge in [0.25, 0.3) is 5.91 Å². The van der Waals surface area contributed by atoms with E-state index in [9.17, 15) is 4.79 Å². The number of hydrogen-bond acceptors (Lipinski definition) is 5. The van der Waals surface area contributed by atoms with E-state index in [4.69, 9.17) is 4.74 Å². The lowest BCUT2D eigenvalue weighted by atomic mass is 9.97. The molecule has 0 aliphatic carbocycles. The van der Waals surface area contributed by atoms with Crippen LogP contribution in [0.1, 0.15) is 37.2 Å². The molecule has 2 rings (SSSR count). The molecule has 6 heteroatoms. The highest BCUT2D eigenvalue weighted by Gasteiger charge is 2.21. The van der Waals surface area contributed by atoms with Crippen molar-refractivity contribution < 1.29 is 9.53 Å². The van der Waals surface area contributed by atoms with Gasteiger partial charge in [0.15, 0.2) is 0 Å². The Kier molecular flexibility index (Phi) is 6.12. The van der Waals surface area contributed by atoms with E-state index in [2.05, 4.69) is 34.0 Å². The molecule has 0 bridgehead atoms. The van der Waals surface area contributed by atoms with Crippen LogP contribution < -0.4 is 10.1 Å². The normalized spacial score (nSPS) is 19.2. The summed E-state index contributed by atoms with van der Waals surface area (Å²) in [4.78, 5) is 22.5. The number of hydrogen-bond donors (Lipinski definition) is 1. The van der Waals surface area contributed by atoms with Gasteiger partial charge >= 0.3 is 0 Å². The second kappa shape index (κ2) is 8.08. The Morgan fingerprint density at radius 1 is 1.50 bits per heavy atom. The number of carbonyl (C=O) groups is 1. The van der Waals surface area contributed by atoms with Crippen molar-refractivity contribution in [2.75, 3.05) is 33.3 Å². The Morgan fingerprint density at radius 3 is 3.05 bits per heavy atom. The predicted octanol–water partition coefficient (Wildman–Crippen LogP) is 1.58. The van der Waals surface area contributed by atoms with Gasteiger partial charge in [0, 0.05) is 25.7 Å². The summed E-state index contributed by atoms with van der Waals surface area (Å²) in [5, 5.41) is 2.98. The van der Waals surface area contributed by atoms with Gasteiger partial charge in [0.2, 0.25) is 5.88 Å². The Hall–Kier alpha value is -1.69. The van der Waals surface area contributed by atoms with Crippen molar-refractivity contribution in [3.63, 3.8) is 0 Å². The molecular formula is C16H26N4O2. The summed E-state index contributed by atoms with van der Waals surface area (Å²) in [5.41, 5.74) is 0.349. The lowest BCUT2D eigenvalue weighted by Crippen LogP contribution is -2.42. The fraction of sp³-hybridized carbons (Fsp3) is 0.688. The highest BCUT2D eigenvalue weighted by atomic mass is 16.5. The summed E-state index contributed by atoms with van der Waals surface area (Å²) in [6, 6.07) is 1.56. The molecule has 1 amide bonds. The Balaban J connectivity index is 1.82. The van der Waals surface area contributed by atoms with E-state index in [1.165, 1.54) is 32.8 Å². The molecule has 1 fully saturated rings. The van der Waals surface area contributed by atoms with Crippen LogP contribution in [0.4, 0.5) is 0 Å². The van der Waals surface area contributed by atoms with Crippen molar-refractivity contribution in [3.8, 4) is 5.88 Å². The van der Waals surface area contributed by atoms with E-state index in [1.807, 2.05) is 0 Å². The molecule has 0 spiro atoms. The zero-order chi connectivity index (χ0) is 15.9. The third-order valence-corrected chi connectivity index (χ3v) is 3.86. The van der Waals surface area contributed by atoms with Crippen molar-refractivity contribution in [2.45, 2.75) is 26.7 Å². The minimum Gasteiger partial charge on any atom is -0.481 e. The molecule has 1 N–H and O–H groups in total. The van der Waals surface area contributed by atoms with Crippen LogP contribution in [-0.4, -0.2) is 54.1 Å². The van der Waals surface area contributed by atoms with Gasteiger partial charge in [-0.05, 0) is 31.2 Å². The van der Waals surface area contributed by atoms with Gasteiger partial charge in [-0.15, -0.1) is 0 Å². The average molecular weight is 306 g/mol.